The average molecular weight is 398 g/mol. The van der Waals surface area contributed by atoms with Crippen LogP contribution in [0.1, 0.15) is 11.1 Å². The molecular formula is C24H22N4O2. The van der Waals surface area contributed by atoms with Gasteiger partial charge in [0.2, 0.25) is 5.91 Å². The van der Waals surface area contributed by atoms with E-state index in [1.54, 1.807) is 23.2 Å². The van der Waals surface area contributed by atoms with Gasteiger partial charge in [0.25, 0.3) is 5.56 Å². The van der Waals surface area contributed by atoms with Gasteiger partial charge in [-0.25, -0.2) is 9.97 Å². The molecule has 0 saturated carbocycles. The second-order valence-corrected chi connectivity index (χ2v) is 7.09. The first-order valence-electron chi connectivity index (χ1n) is 9.86. The maximum Gasteiger partial charge on any atom is 0.263 e. The van der Waals surface area contributed by atoms with Gasteiger partial charge in [-0.3, -0.25) is 14.2 Å². The number of benzene rings is 2. The van der Waals surface area contributed by atoms with E-state index in [0.29, 0.717) is 24.1 Å². The summed E-state index contributed by atoms with van der Waals surface area (Å²) in [4.78, 5) is 36.0. The Balaban J connectivity index is 1.55. The van der Waals surface area contributed by atoms with Crippen LogP contribution in [0, 0.1) is 0 Å². The number of hydrogen-bond donors (Lipinski definition) is 0. The van der Waals surface area contributed by atoms with Crippen LogP contribution in [-0.4, -0.2) is 31.9 Å². The number of carbonyl (C=O) groups is 1. The Morgan fingerprint density at radius 1 is 0.867 bits per heavy atom. The third-order valence-electron chi connectivity index (χ3n) is 4.99. The van der Waals surface area contributed by atoms with Gasteiger partial charge in [-0.2, -0.15) is 0 Å². The molecule has 30 heavy (non-hydrogen) atoms. The second-order valence-electron chi connectivity index (χ2n) is 7.09. The van der Waals surface area contributed by atoms with E-state index in [9.17, 15) is 9.59 Å². The highest BCUT2D eigenvalue weighted by Gasteiger charge is 2.16. The topological polar surface area (TPSA) is 68.1 Å². The summed E-state index contributed by atoms with van der Waals surface area (Å²) in [6.45, 7) is 0.997. The second kappa shape index (κ2) is 9.13. The molecule has 0 bridgehead atoms. The molecule has 0 spiro atoms. The van der Waals surface area contributed by atoms with E-state index in [4.69, 9.17) is 0 Å². The van der Waals surface area contributed by atoms with E-state index < -0.39 is 0 Å². The predicted octanol–water partition coefficient (Wildman–Crippen LogP) is 3.06. The Hall–Kier alpha value is -3.80. The van der Waals surface area contributed by atoms with Crippen molar-refractivity contribution in [3.8, 4) is 0 Å². The normalized spacial score (nSPS) is 10.8. The lowest BCUT2D eigenvalue weighted by atomic mass is 10.1. The molecule has 0 unspecified atom stereocenters. The van der Waals surface area contributed by atoms with Crippen LogP contribution in [0.15, 0.2) is 90.1 Å². The first-order valence-corrected chi connectivity index (χ1v) is 9.86. The Morgan fingerprint density at radius 3 is 2.30 bits per heavy atom. The SMILES string of the molecule is O=C(Cn1cnc2ncccc2c1=O)N(CCc1ccccc1)Cc1ccccc1. The van der Waals surface area contributed by atoms with E-state index in [1.807, 2.05) is 48.5 Å². The number of carbonyl (C=O) groups excluding carboxylic acids is 1. The molecule has 6 heteroatoms. The van der Waals surface area contributed by atoms with Crippen molar-refractivity contribution in [2.45, 2.75) is 19.5 Å². The number of fused-ring (bicyclic) bond motifs is 1. The molecule has 0 radical (unpaired) electrons. The number of pyridine rings is 1. The van der Waals surface area contributed by atoms with Crippen LogP contribution >= 0.6 is 0 Å². The molecule has 0 atom stereocenters. The monoisotopic (exact) mass is 398 g/mol. The van der Waals surface area contributed by atoms with Crippen LogP contribution in [0.3, 0.4) is 0 Å². The molecule has 0 saturated heterocycles. The highest BCUT2D eigenvalue weighted by Crippen LogP contribution is 2.09. The zero-order valence-corrected chi connectivity index (χ0v) is 16.5. The zero-order valence-electron chi connectivity index (χ0n) is 16.5. The average Bonchev–Trinajstić information content (AvgIpc) is 2.80. The summed E-state index contributed by atoms with van der Waals surface area (Å²) in [5.74, 6) is -0.123. The van der Waals surface area contributed by atoms with E-state index in [1.165, 1.54) is 16.5 Å². The zero-order chi connectivity index (χ0) is 20.8. The molecule has 0 aliphatic rings. The van der Waals surface area contributed by atoms with Crippen LogP contribution in [0.5, 0.6) is 0 Å². The van der Waals surface area contributed by atoms with Gasteiger partial charge in [0.05, 0.1) is 5.39 Å². The van der Waals surface area contributed by atoms with Gasteiger partial charge < -0.3 is 4.90 Å². The first kappa shape index (κ1) is 19.5. The maximum absolute atomic E-state index is 13.1. The number of nitrogens with zero attached hydrogens (tertiary/aromatic N) is 4. The fourth-order valence-electron chi connectivity index (χ4n) is 3.36. The lowest BCUT2D eigenvalue weighted by molar-refractivity contribution is -0.132. The lowest BCUT2D eigenvalue weighted by Crippen LogP contribution is -2.37. The number of amides is 1. The van der Waals surface area contributed by atoms with Gasteiger partial charge >= 0.3 is 0 Å². The maximum atomic E-state index is 13.1. The Morgan fingerprint density at radius 2 is 1.57 bits per heavy atom. The molecule has 150 valence electrons. The van der Waals surface area contributed by atoms with Gasteiger partial charge in [-0.1, -0.05) is 60.7 Å². The smallest absolute Gasteiger partial charge is 0.263 e. The highest BCUT2D eigenvalue weighted by atomic mass is 16.2. The van der Waals surface area contributed by atoms with Crippen molar-refractivity contribution in [1.29, 1.82) is 0 Å². The van der Waals surface area contributed by atoms with E-state index in [0.717, 1.165) is 12.0 Å². The Kier molecular flexibility index (Phi) is 5.94. The first-order chi connectivity index (χ1) is 14.7. The van der Waals surface area contributed by atoms with Gasteiger partial charge in [0.15, 0.2) is 5.65 Å². The van der Waals surface area contributed by atoms with Crippen LogP contribution < -0.4 is 5.56 Å². The molecular weight excluding hydrogens is 376 g/mol. The van der Waals surface area contributed by atoms with Crippen LogP contribution in [0.2, 0.25) is 0 Å². The minimum atomic E-state index is -0.260. The van der Waals surface area contributed by atoms with Crippen molar-refractivity contribution in [2.75, 3.05) is 6.54 Å². The summed E-state index contributed by atoms with van der Waals surface area (Å²) in [7, 11) is 0. The van der Waals surface area contributed by atoms with E-state index >= 15 is 0 Å². The van der Waals surface area contributed by atoms with Crippen LogP contribution in [0.25, 0.3) is 11.0 Å². The molecule has 2 aromatic heterocycles. The summed E-state index contributed by atoms with van der Waals surface area (Å²) in [5, 5.41) is 0.409. The highest BCUT2D eigenvalue weighted by molar-refractivity contribution is 5.77. The van der Waals surface area contributed by atoms with Gasteiger partial charge in [0, 0.05) is 19.3 Å². The summed E-state index contributed by atoms with van der Waals surface area (Å²) >= 11 is 0. The fourth-order valence-corrected chi connectivity index (χ4v) is 3.36. The number of rotatable bonds is 7. The van der Waals surface area contributed by atoms with Crippen LogP contribution in [0.4, 0.5) is 0 Å². The summed E-state index contributed by atoms with van der Waals surface area (Å²) in [6.07, 6.45) is 3.73. The standard InChI is InChI=1S/C24H22N4O2/c29-22(17-28-18-26-23-21(24(28)30)12-7-14-25-23)27(16-20-10-5-2-6-11-20)15-13-19-8-3-1-4-9-19/h1-12,14,18H,13,15-17H2. The molecule has 0 aliphatic carbocycles. The molecule has 6 nitrogen and oxygen atoms in total. The van der Waals surface area contributed by atoms with Crippen LogP contribution in [-0.2, 0) is 24.3 Å². The van der Waals surface area contributed by atoms with Crippen molar-refractivity contribution in [3.05, 3.63) is 107 Å². The minimum Gasteiger partial charge on any atom is -0.336 e. The van der Waals surface area contributed by atoms with Crippen molar-refractivity contribution in [1.82, 2.24) is 19.4 Å². The summed E-state index contributed by atoms with van der Waals surface area (Å²) in [6, 6.07) is 23.3. The molecule has 4 aromatic rings. The summed E-state index contributed by atoms with van der Waals surface area (Å²) in [5.41, 5.74) is 2.34. The van der Waals surface area contributed by atoms with Crippen molar-refractivity contribution >= 4 is 16.9 Å². The minimum absolute atomic E-state index is 0.0573. The third kappa shape index (κ3) is 4.60. The van der Waals surface area contributed by atoms with Crippen molar-refractivity contribution < 1.29 is 4.79 Å². The van der Waals surface area contributed by atoms with Gasteiger partial charge in [-0.05, 0) is 29.7 Å². The van der Waals surface area contributed by atoms with Crippen molar-refractivity contribution in [2.24, 2.45) is 0 Å². The molecule has 2 heterocycles. The molecule has 0 N–H and O–H groups in total. The lowest BCUT2D eigenvalue weighted by Gasteiger charge is -2.23. The Bertz CT molecular complexity index is 1190. The molecule has 0 fully saturated rings. The van der Waals surface area contributed by atoms with Gasteiger partial charge in [-0.15, -0.1) is 0 Å². The molecule has 0 aliphatic heterocycles. The number of aromatic nitrogens is 3. The predicted molar refractivity (Wildman–Crippen MR) is 116 cm³/mol. The van der Waals surface area contributed by atoms with E-state index in [2.05, 4.69) is 22.1 Å². The van der Waals surface area contributed by atoms with E-state index in [-0.39, 0.29) is 18.0 Å². The molecule has 1 amide bonds. The molecule has 2 aromatic carbocycles. The fraction of sp³-hybridized carbons (Fsp3) is 0.167. The largest absolute Gasteiger partial charge is 0.336 e. The summed E-state index contributed by atoms with van der Waals surface area (Å²) < 4.78 is 1.35. The third-order valence-corrected chi connectivity index (χ3v) is 4.99. The number of hydrogen-bond acceptors (Lipinski definition) is 4. The van der Waals surface area contributed by atoms with Crippen molar-refractivity contribution in [3.63, 3.8) is 0 Å². The van der Waals surface area contributed by atoms with Gasteiger partial charge in [0.1, 0.15) is 12.9 Å². The molecule has 4 rings (SSSR count). The Labute approximate surface area is 174 Å². The quantitative estimate of drug-likeness (QED) is 0.480.